The lowest BCUT2D eigenvalue weighted by Crippen LogP contribution is -2.29. The van der Waals surface area contributed by atoms with E-state index in [1.165, 1.54) is 16.2 Å². The summed E-state index contributed by atoms with van der Waals surface area (Å²) in [6.45, 7) is 6.50. The first kappa shape index (κ1) is 27.7. The zero-order valence-corrected chi connectivity index (χ0v) is 24.7. The highest BCUT2D eigenvalue weighted by molar-refractivity contribution is 7.22. The van der Waals surface area contributed by atoms with Crippen molar-refractivity contribution in [2.45, 2.75) is 33.2 Å². The van der Waals surface area contributed by atoms with Gasteiger partial charge in [0.05, 0.1) is 40.7 Å². The van der Waals surface area contributed by atoms with Crippen molar-refractivity contribution in [3.8, 4) is 11.5 Å². The number of benzene rings is 2. The number of aliphatic hydroxyl groups is 1. The third kappa shape index (κ3) is 4.66. The Kier molecular flexibility index (Phi) is 7.34. The average Bonchev–Trinajstić information content (AvgIpc) is 3.62. The van der Waals surface area contributed by atoms with E-state index in [0.29, 0.717) is 63.0 Å². The molecule has 0 aliphatic carbocycles. The van der Waals surface area contributed by atoms with Crippen LogP contribution in [0.2, 0.25) is 5.02 Å². The van der Waals surface area contributed by atoms with Crippen molar-refractivity contribution in [2.24, 2.45) is 0 Å². The van der Waals surface area contributed by atoms with Crippen molar-refractivity contribution in [1.29, 1.82) is 0 Å². The fourth-order valence-electron chi connectivity index (χ4n) is 5.16. The largest absolute Gasteiger partial charge is 0.505 e. The van der Waals surface area contributed by atoms with E-state index in [0.717, 1.165) is 11.1 Å². The molecule has 2 aromatic carbocycles. The maximum absolute atomic E-state index is 13.8. The average molecular weight is 603 g/mol. The summed E-state index contributed by atoms with van der Waals surface area (Å²) in [4.78, 5) is 38.1. The molecule has 0 spiro atoms. The van der Waals surface area contributed by atoms with Gasteiger partial charge < -0.3 is 14.6 Å². The van der Waals surface area contributed by atoms with Gasteiger partial charge in [-0.05, 0) is 68.3 Å². The Balaban J connectivity index is 1.59. The van der Waals surface area contributed by atoms with Gasteiger partial charge in [-0.3, -0.25) is 18.9 Å². The summed E-state index contributed by atoms with van der Waals surface area (Å²) < 4.78 is 14.2. The summed E-state index contributed by atoms with van der Waals surface area (Å²) in [5.74, 6) is -0.944. The number of aliphatic hydroxyl groups excluding tert-OH is 1. The van der Waals surface area contributed by atoms with Crippen LogP contribution in [0.4, 0.5) is 5.13 Å². The number of nitrogens with zero attached hydrogens (tertiary/aromatic N) is 4. The highest BCUT2D eigenvalue weighted by Gasteiger charge is 2.49. The maximum atomic E-state index is 13.8. The van der Waals surface area contributed by atoms with Crippen molar-refractivity contribution < 1.29 is 24.2 Å². The number of aromatic nitrogens is 3. The van der Waals surface area contributed by atoms with Crippen LogP contribution in [0.5, 0.6) is 11.5 Å². The Hall–Kier alpha value is -4.41. The second-order valence-electron chi connectivity index (χ2n) is 9.74. The quantitative estimate of drug-likeness (QED) is 0.119. The predicted octanol–water partition coefficient (Wildman–Crippen LogP) is 6.72. The number of amides is 1. The van der Waals surface area contributed by atoms with Crippen LogP contribution < -0.4 is 14.4 Å². The number of carbonyl (C=O) groups excluding carboxylic acids is 2. The normalized spacial score (nSPS) is 16.6. The number of thiazole rings is 1. The standard InChI is InChI=1S/C31H27ClN4O5S/c1-4-14-41-21-12-9-18(15-22(21)40-5-2)27-25(28(37)26-17(3)33-24-8-6-7-13-35(24)26)29(38)30(39)36(27)31-34-20-11-10-19(32)16-23(20)42-31/h6-13,15-16,27,37H,4-5,14H2,1-3H3. The number of Topliss-reactive ketones (excluding diaryl/α,β-unsaturated/α-hetero) is 1. The molecule has 3 aromatic heterocycles. The molecule has 214 valence electrons. The Bertz CT molecular complexity index is 1900. The van der Waals surface area contributed by atoms with E-state index in [9.17, 15) is 14.7 Å². The fourth-order valence-corrected chi connectivity index (χ4v) is 6.42. The van der Waals surface area contributed by atoms with E-state index in [-0.39, 0.29) is 11.3 Å². The molecule has 42 heavy (non-hydrogen) atoms. The number of fused-ring (bicyclic) bond motifs is 2. The number of aryl methyl sites for hydroxylation is 1. The Morgan fingerprint density at radius 1 is 1.05 bits per heavy atom. The number of ether oxygens (including phenoxy) is 2. The summed E-state index contributed by atoms with van der Waals surface area (Å²) in [6, 6.07) is 15.0. The van der Waals surface area contributed by atoms with Gasteiger partial charge in [0.1, 0.15) is 11.3 Å². The summed E-state index contributed by atoms with van der Waals surface area (Å²) >= 11 is 7.45. The van der Waals surface area contributed by atoms with E-state index >= 15 is 0 Å². The summed E-state index contributed by atoms with van der Waals surface area (Å²) in [5.41, 5.74) is 2.55. The molecule has 1 fully saturated rings. The number of halogens is 1. The van der Waals surface area contributed by atoms with Crippen LogP contribution in [0.1, 0.15) is 43.3 Å². The van der Waals surface area contributed by atoms with E-state index in [4.69, 9.17) is 21.1 Å². The number of imidazole rings is 1. The Morgan fingerprint density at radius 2 is 1.88 bits per heavy atom. The molecule has 0 radical (unpaired) electrons. The molecule has 1 N–H and O–H groups in total. The van der Waals surface area contributed by atoms with Crippen LogP contribution >= 0.6 is 22.9 Å². The monoisotopic (exact) mass is 602 g/mol. The van der Waals surface area contributed by atoms with Gasteiger partial charge in [0.15, 0.2) is 22.4 Å². The Labute approximate surface area is 250 Å². The van der Waals surface area contributed by atoms with Crippen LogP contribution in [0, 0.1) is 6.92 Å². The number of carbonyl (C=O) groups is 2. The van der Waals surface area contributed by atoms with Gasteiger partial charge in [0, 0.05) is 11.2 Å². The number of pyridine rings is 1. The summed E-state index contributed by atoms with van der Waals surface area (Å²) in [7, 11) is 0. The first-order valence-electron chi connectivity index (χ1n) is 13.5. The highest BCUT2D eigenvalue weighted by Crippen LogP contribution is 2.46. The molecule has 9 nitrogen and oxygen atoms in total. The minimum Gasteiger partial charge on any atom is -0.505 e. The SMILES string of the molecule is CCCOc1ccc(C2C(=C(O)c3c(C)nc4ccccn34)C(=O)C(=O)N2c2nc3ccc(Cl)cc3s2)cc1OCC. The summed E-state index contributed by atoms with van der Waals surface area (Å²) in [5, 5.41) is 12.7. The zero-order chi connectivity index (χ0) is 29.5. The molecule has 1 amide bonds. The van der Waals surface area contributed by atoms with Gasteiger partial charge in [0.25, 0.3) is 5.78 Å². The lowest BCUT2D eigenvalue weighted by Gasteiger charge is -2.24. The first-order valence-corrected chi connectivity index (χ1v) is 14.7. The minimum atomic E-state index is -1.01. The summed E-state index contributed by atoms with van der Waals surface area (Å²) in [6.07, 6.45) is 2.56. The van der Waals surface area contributed by atoms with Crippen molar-refractivity contribution in [3.05, 3.63) is 88.3 Å². The van der Waals surface area contributed by atoms with Gasteiger partial charge in [0.2, 0.25) is 0 Å². The molecule has 1 unspecified atom stereocenters. The lowest BCUT2D eigenvalue weighted by atomic mass is 9.96. The minimum absolute atomic E-state index is 0.0734. The zero-order valence-electron chi connectivity index (χ0n) is 23.1. The van der Waals surface area contributed by atoms with E-state index < -0.39 is 17.7 Å². The molecule has 1 saturated heterocycles. The third-order valence-corrected chi connectivity index (χ3v) is 8.22. The molecule has 6 rings (SSSR count). The lowest BCUT2D eigenvalue weighted by molar-refractivity contribution is -0.132. The molecule has 4 heterocycles. The van der Waals surface area contributed by atoms with E-state index in [1.807, 2.05) is 19.9 Å². The molecule has 0 saturated carbocycles. The predicted molar refractivity (Wildman–Crippen MR) is 163 cm³/mol. The molecule has 1 atom stereocenters. The molecule has 5 aromatic rings. The van der Waals surface area contributed by atoms with Crippen LogP contribution in [-0.2, 0) is 9.59 Å². The van der Waals surface area contributed by atoms with E-state index in [2.05, 4.69) is 9.97 Å². The van der Waals surface area contributed by atoms with Crippen molar-refractivity contribution in [1.82, 2.24) is 14.4 Å². The van der Waals surface area contributed by atoms with Gasteiger partial charge in [-0.2, -0.15) is 0 Å². The maximum Gasteiger partial charge on any atom is 0.301 e. The second-order valence-corrected chi connectivity index (χ2v) is 11.2. The van der Waals surface area contributed by atoms with Crippen molar-refractivity contribution in [3.63, 3.8) is 0 Å². The van der Waals surface area contributed by atoms with E-state index in [1.54, 1.807) is 66.1 Å². The molecule has 1 aliphatic rings. The number of hydrogen-bond donors (Lipinski definition) is 1. The second kappa shape index (κ2) is 11.1. The third-order valence-electron chi connectivity index (χ3n) is 6.96. The van der Waals surface area contributed by atoms with Crippen LogP contribution in [-0.4, -0.2) is 44.4 Å². The van der Waals surface area contributed by atoms with Crippen molar-refractivity contribution >= 4 is 61.4 Å². The smallest absolute Gasteiger partial charge is 0.301 e. The first-order chi connectivity index (χ1) is 20.3. The van der Waals surface area contributed by atoms with Crippen molar-refractivity contribution in [2.75, 3.05) is 18.1 Å². The molecule has 1 aliphatic heterocycles. The fraction of sp³-hybridized carbons (Fsp3) is 0.226. The molecule has 11 heteroatoms. The van der Waals surface area contributed by atoms with Gasteiger partial charge >= 0.3 is 5.91 Å². The van der Waals surface area contributed by atoms with Gasteiger partial charge in [-0.15, -0.1) is 0 Å². The molecule has 0 bridgehead atoms. The van der Waals surface area contributed by atoms with Gasteiger partial charge in [-0.1, -0.05) is 42.0 Å². The Morgan fingerprint density at radius 3 is 2.67 bits per heavy atom. The van der Waals surface area contributed by atoms with Crippen LogP contribution in [0.3, 0.4) is 0 Å². The number of hydrogen-bond acceptors (Lipinski definition) is 8. The number of anilines is 1. The molecular weight excluding hydrogens is 576 g/mol. The van der Waals surface area contributed by atoms with Gasteiger partial charge in [-0.25, -0.2) is 9.97 Å². The highest BCUT2D eigenvalue weighted by atomic mass is 35.5. The number of rotatable bonds is 8. The molecular formula is C31H27ClN4O5S. The van der Waals surface area contributed by atoms with Crippen LogP contribution in [0.25, 0.3) is 21.6 Å². The number of ketones is 1. The van der Waals surface area contributed by atoms with Crippen LogP contribution in [0.15, 0.2) is 66.4 Å². The topological polar surface area (TPSA) is 106 Å².